The first-order valence-corrected chi connectivity index (χ1v) is 10.00. The van der Waals surface area contributed by atoms with Gasteiger partial charge < -0.3 is 19.9 Å². The zero-order valence-corrected chi connectivity index (χ0v) is 18.5. The second-order valence-electron chi connectivity index (χ2n) is 7.24. The van der Waals surface area contributed by atoms with Crippen LogP contribution in [0.3, 0.4) is 0 Å². The van der Waals surface area contributed by atoms with Crippen LogP contribution in [0, 0.1) is 25.2 Å². The molecule has 0 fully saturated rings. The van der Waals surface area contributed by atoms with Gasteiger partial charge in [-0.05, 0) is 55.2 Å². The Morgan fingerprint density at radius 3 is 2.58 bits per heavy atom. The van der Waals surface area contributed by atoms with Crippen molar-refractivity contribution < 1.29 is 19.0 Å². The molecule has 3 rings (SSSR count). The van der Waals surface area contributed by atoms with Crippen LogP contribution in [0.4, 0.5) is 0 Å². The number of nitrogens with zero attached hydrogens (tertiary/aromatic N) is 1. The van der Waals surface area contributed by atoms with E-state index in [4.69, 9.17) is 31.5 Å². The number of methoxy groups -OCH3 is 1. The van der Waals surface area contributed by atoms with Gasteiger partial charge in [0.25, 0.3) is 0 Å². The largest absolute Gasteiger partial charge is 0.487 e. The number of allylic oxidation sites excluding steroid dienone is 2. The Hall–Kier alpha value is -3.43. The van der Waals surface area contributed by atoms with Gasteiger partial charge in [0.2, 0.25) is 5.88 Å². The lowest BCUT2D eigenvalue weighted by Gasteiger charge is -2.28. The third-order valence-electron chi connectivity index (χ3n) is 5.27. The minimum Gasteiger partial charge on any atom is -0.487 e. The fraction of sp³-hybridized carbons (Fsp3) is 0.250. The van der Waals surface area contributed by atoms with Crippen molar-refractivity contribution in [2.24, 2.45) is 5.73 Å². The number of para-hydroxylation sites is 1. The molecule has 0 radical (unpaired) electrons. The van der Waals surface area contributed by atoms with Gasteiger partial charge in [-0.1, -0.05) is 35.9 Å². The van der Waals surface area contributed by atoms with Crippen LogP contribution in [0.5, 0.6) is 5.75 Å². The zero-order valence-electron chi connectivity index (χ0n) is 17.8. The lowest BCUT2D eigenvalue weighted by Crippen LogP contribution is -2.25. The second kappa shape index (κ2) is 9.15. The number of ether oxygens (including phenoxy) is 3. The van der Waals surface area contributed by atoms with Crippen molar-refractivity contribution in [3.8, 4) is 11.8 Å². The molecule has 6 nitrogen and oxygen atoms in total. The minimum atomic E-state index is -0.703. The summed E-state index contributed by atoms with van der Waals surface area (Å²) in [7, 11) is 1.29. The third-order valence-corrected chi connectivity index (χ3v) is 5.58. The summed E-state index contributed by atoms with van der Waals surface area (Å²) in [5.41, 5.74) is 9.96. The lowest BCUT2D eigenvalue weighted by molar-refractivity contribution is -0.136. The first kappa shape index (κ1) is 22.3. The average Bonchev–Trinajstić information content (AvgIpc) is 2.73. The van der Waals surface area contributed by atoms with E-state index in [1.54, 1.807) is 19.1 Å². The van der Waals surface area contributed by atoms with E-state index in [9.17, 15) is 10.1 Å². The Morgan fingerprint density at radius 2 is 1.94 bits per heavy atom. The number of aryl methyl sites for hydroxylation is 2. The maximum absolute atomic E-state index is 12.6. The van der Waals surface area contributed by atoms with Crippen LogP contribution < -0.4 is 10.5 Å². The highest BCUT2D eigenvalue weighted by Gasteiger charge is 2.37. The molecule has 7 heteroatoms. The number of halogens is 1. The van der Waals surface area contributed by atoms with Crippen LogP contribution in [-0.2, 0) is 20.9 Å². The highest BCUT2D eigenvalue weighted by Crippen LogP contribution is 2.41. The number of hydrogen-bond donors (Lipinski definition) is 1. The van der Waals surface area contributed by atoms with Gasteiger partial charge in [0, 0.05) is 0 Å². The monoisotopic (exact) mass is 438 g/mol. The SMILES string of the molecule is COC(=O)C1=C(C)OC(N)=C(C#N)C1c1cc(COc2ccccc2Cl)c(C)cc1C. The summed E-state index contributed by atoms with van der Waals surface area (Å²) in [4.78, 5) is 12.6. The number of carbonyl (C=O) groups excluding carboxylic acids is 1. The highest BCUT2D eigenvalue weighted by atomic mass is 35.5. The molecule has 31 heavy (non-hydrogen) atoms. The molecular formula is C24H23ClN2O4. The molecule has 1 unspecified atom stereocenters. The van der Waals surface area contributed by atoms with E-state index >= 15 is 0 Å². The van der Waals surface area contributed by atoms with Gasteiger partial charge >= 0.3 is 5.97 Å². The molecule has 1 aliphatic heterocycles. The van der Waals surface area contributed by atoms with Gasteiger partial charge in [0.15, 0.2) is 0 Å². The summed E-state index contributed by atoms with van der Waals surface area (Å²) >= 11 is 6.20. The van der Waals surface area contributed by atoms with Gasteiger partial charge in [-0.25, -0.2) is 4.79 Å². The van der Waals surface area contributed by atoms with E-state index in [0.29, 0.717) is 16.5 Å². The van der Waals surface area contributed by atoms with Crippen LogP contribution in [0.15, 0.2) is 59.2 Å². The smallest absolute Gasteiger partial charge is 0.338 e. The summed E-state index contributed by atoms with van der Waals surface area (Å²) in [6.45, 7) is 5.80. The first-order chi connectivity index (χ1) is 14.8. The molecule has 0 aromatic heterocycles. The van der Waals surface area contributed by atoms with Crippen molar-refractivity contribution in [2.45, 2.75) is 33.3 Å². The topological polar surface area (TPSA) is 94.6 Å². The lowest BCUT2D eigenvalue weighted by atomic mass is 9.80. The van der Waals surface area contributed by atoms with Gasteiger partial charge in [-0.3, -0.25) is 0 Å². The summed E-state index contributed by atoms with van der Waals surface area (Å²) < 4.78 is 16.3. The number of hydrogen-bond acceptors (Lipinski definition) is 6. The number of benzene rings is 2. The van der Waals surface area contributed by atoms with Crippen LogP contribution in [0.1, 0.15) is 35.1 Å². The van der Waals surface area contributed by atoms with E-state index in [-0.39, 0.29) is 23.6 Å². The van der Waals surface area contributed by atoms with Crippen LogP contribution >= 0.6 is 11.6 Å². The summed E-state index contributed by atoms with van der Waals surface area (Å²) in [5.74, 6) is -0.416. The van der Waals surface area contributed by atoms with Crippen molar-refractivity contribution in [1.82, 2.24) is 0 Å². The van der Waals surface area contributed by atoms with E-state index in [2.05, 4.69) is 6.07 Å². The molecule has 1 aliphatic rings. The number of rotatable bonds is 5. The Labute approximate surface area is 186 Å². The van der Waals surface area contributed by atoms with E-state index in [1.165, 1.54) is 7.11 Å². The molecule has 1 heterocycles. The Bertz CT molecular complexity index is 1140. The van der Waals surface area contributed by atoms with Crippen LogP contribution in [0.2, 0.25) is 5.02 Å². The average molecular weight is 439 g/mol. The Kier molecular flexibility index (Phi) is 6.57. The third kappa shape index (κ3) is 4.37. The molecule has 0 saturated carbocycles. The molecule has 2 N–H and O–H groups in total. The molecule has 160 valence electrons. The number of carbonyl (C=O) groups is 1. The van der Waals surface area contributed by atoms with E-state index in [0.717, 1.165) is 22.3 Å². The molecule has 0 spiro atoms. The van der Waals surface area contributed by atoms with E-state index in [1.807, 2.05) is 38.1 Å². The van der Waals surface area contributed by atoms with Crippen molar-refractivity contribution in [3.63, 3.8) is 0 Å². The van der Waals surface area contributed by atoms with Crippen molar-refractivity contribution in [1.29, 1.82) is 5.26 Å². The number of esters is 1. The predicted octanol–water partition coefficient (Wildman–Crippen LogP) is 4.79. The second-order valence-corrected chi connectivity index (χ2v) is 7.65. The number of nitrogens with two attached hydrogens (primary N) is 1. The quantitative estimate of drug-likeness (QED) is 0.674. The molecule has 0 aliphatic carbocycles. The van der Waals surface area contributed by atoms with Gasteiger partial charge in [-0.2, -0.15) is 5.26 Å². The van der Waals surface area contributed by atoms with Gasteiger partial charge in [-0.15, -0.1) is 0 Å². The van der Waals surface area contributed by atoms with Gasteiger partial charge in [0.1, 0.15) is 29.8 Å². The maximum Gasteiger partial charge on any atom is 0.338 e. The fourth-order valence-corrected chi connectivity index (χ4v) is 3.86. The van der Waals surface area contributed by atoms with Crippen LogP contribution in [0.25, 0.3) is 0 Å². The molecule has 0 amide bonds. The Balaban J connectivity index is 2.08. The highest BCUT2D eigenvalue weighted by molar-refractivity contribution is 6.32. The molecule has 0 bridgehead atoms. The summed E-state index contributed by atoms with van der Waals surface area (Å²) in [6.07, 6.45) is 0. The fourth-order valence-electron chi connectivity index (χ4n) is 3.67. The number of nitriles is 1. The van der Waals surface area contributed by atoms with E-state index < -0.39 is 11.9 Å². The maximum atomic E-state index is 12.6. The summed E-state index contributed by atoms with van der Waals surface area (Å²) in [5, 5.41) is 10.3. The normalized spacial score (nSPS) is 15.9. The molecule has 0 saturated heterocycles. The zero-order chi connectivity index (χ0) is 22.7. The van der Waals surface area contributed by atoms with Crippen molar-refractivity contribution in [2.75, 3.05) is 7.11 Å². The summed E-state index contributed by atoms with van der Waals surface area (Å²) in [6, 6.07) is 13.3. The molecular weight excluding hydrogens is 416 g/mol. The van der Waals surface area contributed by atoms with Crippen LogP contribution in [-0.4, -0.2) is 13.1 Å². The Morgan fingerprint density at radius 1 is 1.23 bits per heavy atom. The predicted molar refractivity (Wildman–Crippen MR) is 117 cm³/mol. The van der Waals surface area contributed by atoms with Crippen molar-refractivity contribution >= 4 is 17.6 Å². The minimum absolute atomic E-state index is 0.0218. The van der Waals surface area contributed by atoms with Gasteiger partial charge in [0.05, 0.1) is 23.6 Å². The molecule has 2 aromatic carbocycles. The van der Waals surface area contributed by atoms with Crippen molar-refractivity contribution in [3.05, 3.63) is 86.5 Å². The standard InChI is InChI=1S/C24H23ClN2O4/c1-13-9-14(2)17(10-16(13)12-30-20-8-6-5-7-19(20)25)22-18(11-26)23(27)31-15(3)21(22)24(28)29-4/h5-10,22H,12,27H2,1-4H3. The first-order valence-electron chi connectivity index (χ1n) is 9.62. The molecule has 1 atom stereocenters. The molecule has 2 aromatic rings.